The van der Waals surface area contributed by atoms with E-state index in [1.54, 1.807) is 12.1 Å². The highest BCUT2D eigenvalue weighted by atomic mass is 32.2. The van der Waals surface area contributed by atoms with Crippen LogP contribution in [0.15, 0.2) is 47.0 Å². The van der Waals surface area contributed by atoms with E-state index < -0.39 is 12.0 Å². The molecule has 0 aliphatic heterocycles. The van der Waals surface area contributed by atoms with Crippen molar-refractivity contribution in [3.05, 3.63) is 65.0 Å². The van der Waals surface area contributed by atoms with E-state index in [0.29, 0.717) is 11.3 Å². The number of aryl methyl sites for hydroxylation is 2. The van der Waals surface area contributed by atoms with E-state index in [9.17, 15) is 14.7 Å². The lowest BCUT2D eigenvalue weighted by Gasteiger charge is -2.15. The number of carboxylic acids is 1. The van der Waals surface area contributed by atoms with Crippen LogP contribution in [0.5, 0.6) is 0 Å². The fourth-order valence-corrected chi connectivity index (χ4v) is 3.82. The summed E-state index contributed by atoms with van der Waals surface area (Å²) in [5, 5.41) is 18.0. The van der Waals surface area contributed by atoms with Crippen LogP contribution < -0.4 is 5.32 Å². The van der Waals surface area contributed by atoms with E-state index in [2.05, 4.69) is 10.5 Å². The predicted molar refractivity (Wildman–Crippen MR) is 105 cm³/mol. The summed E-state index contributed by atoms with van der Waals surface area (Å²) in [5.41, 5.74) is 2.32. The van der Waals surface area contributed by atoms with Crippen LogP contribution in [0.2, 0.25) is 0 Å². The van der Waals surface area contributed by atoms with Crippen molar-refractivity contribution in [1.82, 2.24) is 10.5 Å². The Balaban J connectivity index is 1.64. The molecule has 0 aliphatic rings. The Labute approximate surface area is 160 Å². The van der Waals surface area contributed by atoms with Crippen molar-refractivity contribution in [1.29, 1.82) is 0 Å². The smallest absolute Gasteiger partial charge is 0.330 e. The van der Waals surface area contributed by atoms with Crippen molar-refractivity contribution in [3.8, 4) is 0 Å². The molecular formula is C20H20N2O4S. The summed E-state index contributed by atoms with van der Waals surface area (Å²) < 4.78 is 5.10. The van der Waals surface area contributed by atoms with Crippen molar-refractivity contribution in [2.45, 2.75) is 25.6 Å². The zero-order valence-electron chi connectivity index (χ0n) is 15.1. The molecule has 1 aromatic heterocycles. The summed E-state index contributed by atoms with van der Waals surface area (Å²) in [6.07, 6.45) is 0. The van der Waals surface area contributed by atoms with Gasteiger partial charge in [-0.05, 0) is 36.2 Å². The average Bonchev–Trinajstić information content (AvgIpc) is 2.97. The first kappa shape index (κ1) is 19.0. The van der Waals surface area contributed by atoms with Crippen LogP contribution in [-0.2, 0) is 15.3 Å². The number of hydrogen-bond donors (Lipinski definition) is 2. The fourth-order valence-electron chi connectivity index (χ4n) is 2.83. The Bertz CT molecular complexity index is 964. The SMILES string of the molecule is Cc1noc(C)c1CSCC(=O)NC(C(=O)O)c1ccc2ccccc2c1. The first-order valence-corrected chi connectivity index (χ1v) is 9.61. The maximum absolute atomic E-state index is 12.3. The van der Waals surface area contributed by atoms with Gasteiger partial charge in [0, 0.05) is 11.3 Å². The minimum Gasteiger partial charge on any atom is -0.479 e. The van der Waals surface area contributed by atoms with Gasteiger partial charge in [0.1, 0.15) is 5.76 Å². The molecule has 3 rings (SSSR count). The van der Waals surface area contributed by atoms with Crippen LogP contribution in [0.4, 0.5) is 0 Å². The van der Waals surface area contributed by atoms with Gasteiger partial charge < -0.3 is 14.9 Å². The summed E-state index contributed by atoms with van der Waals surface area (Å²) in [7, 11) is 0. The van der Waals surface area contributed by atoms with Gasteiger partial charge in [-0.3, -0.25) is 4.79 Å². The molecule has 0 radical (unpaired) electrons. The van der Waals surface area contributed by atoms with Gasteiger partial charge >= 0.3 is 5.97 Å². The third kappa shape index (κ3) is 4.49. The molecule has 0 saturated carbocycles. The molecule has 2 aromatic carbocycles. The molecule has 0 aliphatic carbocycles. The van der Waals surface area contributed by atoms with Gasteiger partial charge in [0.25, 0.3) is 0 Å². The summed E-state index contributed by atoms with van der Waals surface area (Å²) in [5.74, 6) is 0.0608. The second-order valence-electron chi connectivity index (χ2n) is 6.24. The minimum absolute atomic E-state index is 0.154. The number of carbonyl (C=O) groups excluding carboxylic acids is 1. The van der Waals surface area contributed by atoms with Crippen molar-refractivity contribution >= 4 is 34.4 Å². The zero-order valence-corrected chi connectivity index (χ0v) is 15.9. The number of hydrogen-bond acceptors (Lipinski definition) is 5. The zero-order chi connectivity index (χ0) is 19.4. The second-order valence-corrected chi connectivity index (χ2v) is 7.23. The highest BCUT2D eigenvalue weighted by Crippen LogP contribution is 2.22. The van der Waals surface area contributed by atoms with E-state index in [1.165, 1.54) is 11.8 Å². The number of aliphatic carboxylic acids is 1. The van der Waals surface area contributed by atoms with E-state index >= 15 is 0 Å². The summed E-state index contributed by atoms with van der Waals surface area (Å²) >= 11 is 1.39. The molecule has 1 unspecified atom stereocenters. The normalized spacial score (nSPS) is 12.1. The Hall–Kier alpha value is -2.80. The molecule has 1 amide bonds. The molecule has 1 atom stereocenters. The predicted octanol–water partition coefficient (Wildman–Crippen LogP) is 3.62. The number of carboxylic acid groups (broad SMARTS) is 1. The third-order valence-electron chi connectivity index (χ3n) is 4.32. The van der Waals surface area contributed by atoms with Gasteiger partial charge in [-0.2, -0.15) is 0 Å². The summed E-state index contributed by atoms with van der Waals surface area (Å²) in [4.78, 5) is 23.9. The van der Waals surface area contributed by atoms with Crippen LogP contribution in [0.3, 0.4) is 0 Å². The van der Waals surface area contributed by atoms with Crippen LogP contribution in [0, 0.1) is 13.8 Å². The molecule has 27 heavy (non-hydrogen) atoms. The first-order valence-electron chi connectivity index (χ1n) is 8.46. The molecule has 2 N–H and O–H groups in total. The Kier molecular flexibility index (Phi) is 5.81. The molecule has 0 spiro atoms. The maximum atomic E-state index is 12.3. The minimum atomic E-state index is -1.09. The van der Waals surface area contributed by atoms with Crippen LogP contribution >= 0.6 is 11.8 Å². The van der Waals surface area contributed by atoms with E-state index in [1.807, 2.05) is 44.2 Å². The van der Waals surface area contributed by atoms with E-state index in [4.69, 9.17) is 4.52 Å². The number of rotatable bonds is 7. The Morgan fingerprint density at radius 2 is 1.93 bits per heavy atom. The van der Waals surface area contributed by atoms with Gasteiger partial charge in [-0.1, -0.05) is 41.6 Å². The van der Waals surface area contributed by atoms with Gasteiger partial charge in [0.15, 0.2) is 6.04 Å². The summed E-state index contributed by atoms with van der Waals surface area (Å²) in [6.45, 7) is 3.68. The standard InChI is InChI=1S/C20H20N2O4S/c1-12-17(13(2)26-22-12)10-27-11-18(23)21-19(20(24)25)16-8-7-14-5-3-4-6-15(14)9-16/h3-9,19H,10-11H2,1-2H3,(H,21,23)(H,24,25). The van der Waals surface area contributed by atoms with E-state index in [0.717, 1.165) is 27.8 Å². The number of nitrogens with zero attached hydrogens (tertiary/aromatic N) is 1. The highest BCUT2D eigenvalue weighted by molar-refractivity contribution is 7.99. The molecule has 140 valence electrons. The average molecular weight is 384 g/mol. The molecule has 3 aromatic rings. The number of amides is 1. The highest BCUT2D eigenvalue weighted by Gasteiger charge is 2.22. The van der Waals surface area contributed by atoms with Crippen molar-refractivity contribution in [2.75, 3.05) is 5.75 Å². The number of fused-ring (bicyclic) bond motifs is 1. The van der Waals surface area contributed by atoms with Crippen molar-refractivity contribution in [2.24, 2.45) is 0 Å². The third-order valence-corrected chi connectivity index (χ3v) is 5.28. The molecule has 0 saturated heterocycles. The number of thioether (sulfide) groups is 1. The fraction of sp³-hybridized carbons (Fsp3) is 0.250. The number of aromatic nitrogens is 1. The molecule has 6 nitrogen and oxygen atoms in total. The maximum Gasteiger partial charge on any atom is 0.330 e. The largest absolute Gasteiger partial charge is 0.479 e. The second kappa shape index (κ2) is 8.26. The molecule has 1 heterocycles. The van der Waals surface area contributed by atoms with Gasteiger partial charge in [-0.25, -0.2) is 4.79 Å². The lowest BCUT2D eigenvalue weighted by molar-refractivity contribution is -0.141. The molecule has 0 bridgehead atoms. The van der Waals surface area contributed by atoms with Crippen LogP contribution in [-0.4, -0.2) is 27.9 Å². The molecule has 0 fully saturated rings. The van der Waals surface area contributed by atoms with E-state index in [-0.39, 0.29) is 11.7 Å². The topological polar surface area (TPSA) is 92.4 Å². The number of benzene rings is 2. The quantitative estimate of drug-likeness (QED) is 0.646. The number of nitrogens with one attached hydrogen (secondary N) is 1. The monoisotopic (exact) mass is 384 g/mol. The Morgan fingerprint density at radius 3 is 2.59 bits per heavy atom. The number of carbonyl (C=O) groups is 2. The molecule has 7 heteroatoms. The first-order chi connectivity index (χ1) is 13.0. The van der Waals surface area contributed by atoms with Crippen molar-refractivity contribution < 1.29 is 19.2 Å². The lowest BCUT2D eigenvalue weighted by atomic mass is 10.0. The Morgan fingerprint density at radius 1 is 1.19 bits per heavy atom. The van der Waals surface area contributed by atoms with Crippen LogP contribution in [0.1, 0.15) is 28.6 Å². The van der Waals surface area contributed by atoms with Gasteiger partial charge in [0.2, 0.25) is 5.91 Å². The summed E-state index contributed by atoms with van der Waals surface area (Å²) in [6, 6.07) is 12.0. The molecular weight excluding hydrogens is 364 g/mol. The van der Waals surface area contributed by atoms with Crippen LogP contribution in [0.25, 0.3) is 10.8 Å². The van der Waals surface area contributed by atoms with Crippen molar-refractivity contribution in [3.63, 3.8) is 0 Å². The van der Waals surface area contributed by atoms with Gasteiger partial charge in [0.05, 0.1) is 11.4 Å². The lowest BCUT2D eigenvalue weighted by Crippen LogP contribution is -2.34. The van der Waals surface area contributed by atoms with Gasteiger partial charge in [-0.15, -0.1) is 11.8 Å².